The summed E-state index contributed by atoms with van der Waals surface area (Å²) in [6.45, 7) is 2.23. The number of hydrogen-bond donors (Lipinski definition) is 3. The Kier molecular flexibility index (Phi) is 4.90. The molecule has 4 nitrogen and oxygen atoms in total. The fraction of sp³-hybridized carbons (Fsp3) is 0.417. The van der Waals surface area contributed by atoms with Crippen LogP contribution in [0.4, 0.5) is 10.1 Å². The van der Waals surface area contributed by atoms with Crippen LogP contribution >= 0.6 is 0 Å². The largest absolute Gasteiger partial charge is 0.478 e. The number of aliphatic hydroxyl groups excluding tert-OH is 1. The number of aliphatic hydroxyl groups is 1. The van der Waals surface area contributed by atoms with Gasteiger partial charge in [-0.05, 0) is 38.0 Å². The smallest absolute Gasteiger partial charge is 0.335 e. The lowest BCUT2D eigenvalue weighted by Crippen LogP contribution is -2.08. The van der Waals surface area contributed by atoms with Gasteiger partial charge in [0.25, 0.3) is 0 Å². The fourth-order valence-corrected chi connectivity index (χ4v) is 1.41. The van der Waals surface area contributed by atoms with E-state index in [1.54, 1.807) is 6.92 Å². The maximum atomic E-state index is 13.4. The van der Waals surface area contributed by atoms with E-state index in [-0.39, 0.29) is 17.4 Å². The molecular weight excluding hydrogens is 225 g/mol. The van der Waals surface area contributed by atoms with E-state index in [9.17, 15) is 9.18 Å². The van der Waals surface area contributed by atoms with Gasteiger partial charge < -0.3 is 15.5 Å². The van der Waals surface area contributed by atoms with Gasteiger partial charge in [0.05, 0.1) is 17.4 Å². The summed E-state index contributed by atoms with van der Waals surface area (Å²) < 4.78 is 13.4. The minimum atomic E-state index is -1.15. The molecule has 0 fully saturated rings. The molecule has 1 rings (SSSR count). The van der Waals surface area contributed by atoms with Gasteiger partial charge >= 0.3 is 5.97 Å². The molecule has 0 amide bonds. The number of anilines is 1. The standard InChI is InChI=1S/C12H16FNO3/c1-8(15)3-2-6-14-11-5-4-9(12(16)17)7-10(11)13/h4-5,7-8,14-15H,2-3,6H2,1H3,(H,16,17). The van der Waals surface area contributed by atoms with Gasteiger partial charge in [0.15, 0.2) is 0 Å². The second kappa shape index (κ2) is 6.20. The number of carbonyl (C=O) groups is 1. The van der Waals surface area contributed by atoms with Crippen molar-refractivity contribution in [3.05, 3.63) is 29.6 Å². The van der Waals surface area contributed by atoms with Crippen LogP contribution in [0.15, 0.2) is 18.2 Å². The Morgan fingerprint density at radius 1 is 1.53 bits per heavy atom. The summed E-state index contributed by atoms with van der Waals surface area (Å²) in [5.41, 5.74) is 0.206. The second-order valence-electron chi connectivity index (χ2n) is 3.92. The molecule has 3 N–H and O–H groups in total. The number of carboxylic acids is 1. The molecular formula is C12H16FNO3. The molecule has 1 unspecified atom stereocenters. The lowest BCUT2D eigenvalue weighted by molar-refractivity contribution is 0.0696. The van der Waals surface area contributed by atoms with Crippen LogP contribution in [0.5, 0.6) is 0 Å². The lowest BCUT2D eigenvalue weighted by atomic mass is 10.2. The van der Waals surface area contributed by atoms with Crippen molar-refractivity contribution >= 4 is 11.7 Å². The first-order valence-electron chi connectivity index (χ1n) is 5.45. The molecule has 1 atom stereocenters. The van der Waals surface area contributed by atoms with E-state index in [4.69, 9.17) is 10.2 Å². The minimum Gasteiger partial charge on any atom is -0.478 e. The second-order valence-corrected chi connectivity index (χ2v) is 3.92. The zero-order chi connectivity index (χ0) is 12.8. The fourth-order valence-electron chi connectivity index (χ4n) is 1.41. The van der Waals surface area contributed by atoms with Crippen LogP contribution in [0, 0.1) is 5.82 Å². The summed E-state index contributed by atoms with van der Waals surface area (Å²) in [6.07, 6.45) is 0.996. The summed E-state index contributed by atoms with van der Waals surface area (Å²) in [6, 6.07) is 3.74. The highest BCUT2D eigenvalue weighted by Gasteiger charge is 2.07. The van der Waals surface area contributed by atoms with E-state index in [2.05, 4.69) is 5.32 Å². The first-order valence-corrected chi connectivity index (χ1v) is 5.45. The average Bonchev–Trinajstić information content (AvgIpc) is 2.25. The van der Waals surface area contributed by atoms with Crippen LogP contribution in [-0.2, 0) is 0 Å². The number of hydrogen-bond acceptors (Lipinski definition) is 3. The predicted molar refractivity (Wildman–Crippen MR) is 62.8 cm³/mol. The zero-order valence-electron chi connectivity index (χ0n) is 9.61. The summed E-state index contributed by atoms with van der Waals surface area (Å²) in [5.74, 6) is -1.73. The molecule has 0 aliphatic carbocycles. The Morgan fingerprint density at radius 2 is 2.24 bits per heavy atom. The molecule has 0 saturated carbocycles. The Bertz CT molecular complexity index is 393. The number of nitrogens with one attached hydrogen (secondary N) is 1. The number of benzene rings is 1. The Morgan fingerprint density at radius 3 is 2.76 bits per heavy atom. The molecule has 0 spiro atoms. The van der Waals surface area contributed by atoms with Crippen molar-refractivity contribution in [1.82, 2.24) is 0 Å². The lowest BCUT2D eigenvalue weighted by Gasteiger charge is -2.08. The topological polar surface area (TPSA) is 69.6 Å². The monoisotopic (exact) mass is 241 g/mol. The summed E-state index contributed by atoms with van der Waals surface area (Å²) >= 11 is 0. The molecule has 0 aliphatic rings. The highest BCUT2D eigenvalue weighted by Crippen LogP contribution is 2.16. The van der Waals surface area contributed by atoms with Crippen molar-refractivity contribution < 1.29 is 19.4 Å². The van der Waals surface area contributed by atoms with Crippen molar-refractivity contribution in [1.29, 1.82) is 0 Å². The van der Waals surface area contributed by atoms with Crippen LogP contribution in [0.25, 0.3) is 0 Å². The maximum Gasteiger partial charge on any atom is 0.335 e. The molecule has 1 aromatic carbocycles. The molecule has 0 aliphatic heterocycles. The van der Waals surface area contributed by atoms with Crippen LogP contribution in [-0.4, -0.2) is 28.8 Å². The van der Waals surface area contributed by atoms with Gasteiger partial charge in [-0.3, -0.25) is 0 Å². The predicted octanol–water partition coefficient (Wildman–Crippen LogP) is 2.10. The molecule has 1 aromatic rings. The van der Waals surface area contributed by atoms with E-state index in [1.807, 2.05) is 0 Å². The van der Waals surface area contributed by atoms with Gasteiger partial charge in [-0.15, -0.1) is 0 Å². The van der Waals surface area contributed by atoms with Gasteiger partial charge in [0, 0.05) is 6.54 Å². The molecule has 0 saturated heterocycles. The van der Waals surface area contributed by atoms with Crippen molar-refractivity contribution in [3.8, 4) is 0 Å². The van der Waals surface area contributed by atoms with Gasteiger partial charge in [-0.1, -0.05) is 0 Å². The molecule has 0 heterocycles. The molecule has 5 heteroatoms. The van der Waals surface area contributed by atoms with Crippen molar-refractivity contribution in [2.75, 3.05) is 11.9 Å². The summed E-state index contributed by atoms with van der Waals surface area (Å²) in [5, 5.41) is 20.6. The van der Waals surface area contributed by atoms with Crippen LogP contribution in [0.3, 0.4) is 0 Å². The Balaban J connectivity index is 2.52. The number of halogens is 1. The Hall–Kier alpha value is -1.62. The highest BCUT2D eigenvalue weighted by molar-refractivity contribution is 5.88. The SMILES string of the molecule is CC(O)CCCNc1ccc(C(=O)O)cc1F. The van der Waals surface area contributed by atoms with E-state index in [0.29, 0.717) is 13.0 Å². The van der Waals surface area contributed by atoms with Gasteiger partial charge in [0.1, 0.15) is 5.82 Å². The van der Waals surface area contributed by atoms with E-state index >= 15 is 0 Å². The molecule has 0 radical (unpaired) electrons. The van der Waals surface area contributed by atoms with Crippen molar-refractivity contribution in [2.24, 2.45) is 0 Å². The van der Waals surface area contributed by atoms with E-state index < -0.39 is 11.8 Å². The minimum absolute atomic E-state index is 0.0722. The summed E-state index contributed by atoms with van der Waals surface area (Å²) in [7, 11) is 0. The van der Waals surface area contributed by atoms with Crippen LogP contribution in [0.1, 0.15) is 30.1 Å². The van der Waals surface area contributed by atoms with Crippen LogP contribution < -0.4 is 5.32 Å². The molecule has 0 bridgehead atoms. The van der Waals surface area contributed by atoms with Crippen molar-refractivity contribution in [3.63, 3.8) is 0 Å². The molecule has 0 aromatic heterocycles. The van der Waals surface area contributed by atoms with Gasteiger partial charge in [0.2, 0.25) is 0 Å². The average molecular weight is 241 g/mol. The first-order chi connectivity index (χ1) is 8.00. The van der Waals surface area contributed by atoms with Gasteiger partial charge in [-0.2, -0.15) is 0 Å². The van der Waals surface area contributed by atoms with Crippen LogP contribution in [0.2, 0.25) is 0 Å². The first kappa shape index (κ1) is 13.4. The third-order valence-corrected chi connectivity index (χ3v) is 2.33. The highest BCUT2D eigenvalue weighted by atomic mass is 19.1. The zero-order valence-corrected chi connectivity index (χ0v) is 9.61. The third-order valence-electron chi connectivity index (χ3n) is 2.33. The molecule has 17 heavy (non-hydrogen) atoms. The summed E-state index contributed by atoms with van der Waals surface area (Å²) in [4.78, 5) is 10.6. The van der Waals surface area contributed by atoms with Gasteiger partial charge in [-0.25, -0.2) is 9.18 Å². The van der Waals surface area contributed by atoms with Crippen molar-refractivity contribution in [2.45, 2.75) is 25.9 Å². The Labute approximate surface area is 99.1 Å². The number of carboxylic acid groups (broad SMARTS) is 1. The van der Waals surface area contributed by atoms with E-state index in [0.717, 1.165) is 12.5 Å². The number of rotatable bonds is 6. The number of aromatic carboxylic acids is 1. The maximum absolute atomic E-state index is 13.4. The third kappa shape index (κ3) is 4.40. The molecule has 94 valence electrons. The quantitative estimate of drug-likeness (QED) is 0.667. The van der Waals surface area contributed by atoms with E-state index in [1.165, 1.54) is 12.1 Å². The normalized spacial score (nSPS) is 12.2.